The Balaban J connectivity index is 1.99. The summed E-state index contributed by atoms with van der Waals surface area (Å²) in [7, 11) is 1.57. The summed E-state index contributed by atoms with van der Waals surface area (Å²) in [6, 6.07) is 4.73. The normalized spacial score (nSPS) is 15.6. The van der Waals surface area contributed by atoms with Crippen molar-refractivity contribution in [2.24, 2.45) is 0 Å². The lowest BCUT2D eigenvalue weighted by Crippen LogP contribution is -2.38. The monoisotopic (exact) mass is 543 g/mol. The van der Waals surface area contributed by atoms with E-state index in [-0.39, 0.29) is 11.4 Å². The number of aliphatic hydroxyl groups is 1. The minimum atomic E-state index is -0.750. The van der Waals surface area contributed by atoms with Gasteiger partial charge in [-0.1, -0.05) is 46.1 Å². The highest BCUT2D eigenvalue weighted by molar-refractivity contribution is 7.14. The van der Waals surface area contributed by atoms with Crippen molar-refractivity contribution in [3.63, 3.8) is 0 Å². The number of benzene rings is 1. The Morgan fingerprint density at radius 2 is 1.87 bits per heavy atom. The number of thiazole rings is 1. The molecule has 1 atom stereocenters. The molecular weight excluding hydrogens is 502 g/mol. The Morgan fingerprint density at radius 3 is 2.47 bits per heavy atom. The molecular formula is C29H41N3O5S. The number of amides is 1. The Morgan fingerprint density at radius 1 is 1.13 bits per heavy atom. The fraction of sp³-hybridized carbons (Fsp3) is 0.552. The molecule has 0 saturated carbocycles. The molecule has 1 amide bonds. The molecule has 1 aromatic heterocycles. The van der Waals surface area contributed by atoms with Crippen molar-refractivity contribution in [2.45, 2.75) is 66.3 Å². The van der Waals surface area contributed by atoms with Crippen molar-refractivity contribution in [3.05, 3.63) is 50.7 Å². The maximum absolute atomic E-state index is 13.8. The zero-order chi connectivity index (χ0) is 27.8. The lowest BCUT2D eigenvalue weighted by molar-refractivity contribution is -0.129. The maximum Gasteiger partial charge on any atom is 0.290 e. The maximum atomic E-state index is 13.8. The molecule has 2 heterocycles. The number of Topliss-reactive ketones (excluding diaryl/α,β-unsaturated/α-hetero) is 1. The highest BCUT2D eigenvalue weighted by atomic mass is 32.1. The third-order valence-corrected chi connectivity index (χ3v) is 8.04. The van der Waals surface area contributed by atoms with E-state index in [9.17, 15) is 14.7 Å². The number of aromatic nitrogens is 1. The summed E-state index contributed by atoms with van der Waals surface area (Å²) in [5, 5.41) is 11.8. The van der Waals surface area contributed by atoms with Crippen LogP contribution in [0.4, 0.5) is 0 Å². The van der Waals surface area contributed by atoms with Crippen LogP contribution in [0, 0.1) is 13.8 Å². The summed E-state index contributed by atoms with van der Waals surface area (Å²) in [5.74, 6) is -0.275. The second-order valence-corrected chi connectivity index (χ2v) is 10.7. The fourth-order valence-corrected chi connectivity index (χ4v) is 5.67. The first kappa shape index (κ1) is 29.6. The van der Waals surface area contributed by atoms with Gasteiger partial charge in [0, 0.05) is 13.1 Å². The molecule has 9 heteroatoms. The number of likely N-dealkylation sites (N-methyl/N-ethyl adjacent to an activating group) is 1. The molecule has 3 rings (SSSR count). The number of rotatable bonds is 15. The van der Waals surface area contributed by atoms with Crippen LogP contribution in [-0.4, -0.2) is 71.5 Å². The minimum Gasteiger partial charge on any atom is -0.503 e. The second kappa shape index (κ2) is 13.8. The number of carbonyl (C=O) groups is 2. The van der Waals surface area contributed by atoms with Crippen LogP contribution in [0.5, 0.6) is 11.5 Å². The Kier molecular flexibility index (Phi) is 10.7. The standard InChI is InChI=1S/C29H41N3O5S/c1-7-10-11-12-17-37-22-14-13-21(18-23(22)36-6)25-24(26(33)28-19(4)30-20(5)38-28)27(34)29(35)32(25)16-15-31(8-2)9-3/h13-14,18,25,34H,7-12,15-17H2,1-6H3. The average molecular weight is 544 g/mol. The van der Waals surface area contributed by atoms with Gasteiger partial charge in [-0.15, -0.1) is 11.3 Å². The highest BCUT2D eigenvalue weighted by Crippen LogP contribution is 2.42. The number of ether oxygens (including phenoxy) is 2. The van der Waals surface area contributed by atoms with Crippen LogP contribution in [0.3, 0.4) is 0 Å². The smallest absolute Gasteiger partial charge is 0.290 e. The van der Waals surface area contributed by atoms with Crippen molar-refractivity contribution in [2.75, 3.05) is 39.9 Å². The van der Waals surface area contributed by atoms with Gasteiger partial charge in [0.05, 0.1) is 40.9 Å². The number of methoxy groups -OCH3 is 1. The van der Waals surface area contributed by atoms with Crippen molar-refractivity contribution >= 4 is 23.0 Å². The van der Waals surface area contributed by atoms with Crippen LogP contribution in [0.2, 0.25) is 0 Å². The quantitative estimate of drug-likeness (QED) is 0.229. The van der Waals surface area contributed by atoms with Crippen LogP contribution < -0.4 is 9.47 Å². The number of nitrogens with zero attached hydrogens (tertiary/aromatic N) is 3. The molecule has 8 nitrogen and oxygen atoms in total. The summed E-state index contributed by atoms with van der Waals surface area (Å²) in [4.78, 5) is 35.7. The minimum absolute atomic E-state index is 0.0802. The van der Waals surface area contributed by atoms with Gasteiger partial charge in [0.15, 0.2) is 17.3 Å². The molecule has 38 heavy (non-hydrogen) atoms. The molecule has 0 fully saturated rings. The van der Waals surface area contributed by atoms with Crippen molar-refractivity contribution < 1.29 is 24.2 Å². The summed E-state index contributed by atoms with van der Waals surface area (Å²) in [6.07, 6.45) is 4.39. The van der Waals surface area contributed by atoms with E-state index in [1.54, 1.807) is 25.0 Å². The Bertz CT molecular complexity index is 1160. The highest BCUT2D eigenvalue weighted by Gasteiger charge is 2.44. The SMILES string of the molecule is CCCCCCOc1ccc(C2C(C(=O)c3sc(C)nc3C)=C(O)C(=O)N2CCN(CC)CC)cc1OC. The van der Waals surface area contributed by atoms with Crippen LogP contribution in [0.25, 0.3) is 0 Å². The van der Waals surface area contributed by atoms with Gasteiger partial charge in [-0.2, -0.15) is 0 Å². The summed E-state index contributed by atoms with van der Waals surface area (Å²) in [6.45, 7) is 13.2. The molecule has 0 saturated heterocycles. The first-order chi connectivity index (χ1) is 18.3. The Hall–Kier alpha value is -2.91. The van der Waals surface area contributed by atoms with E-state index >= 15 is 0 Å². The second-order valence-electron chi connectivity index (χ2n) is 9.49. The molecule has 208 valence electrons. The Labute approximate surface area is 230 Å². The summed E-state index contributed by atoms with van der Waals surface area (Å²) < 4.78 is 11.6. The summed E-state index contributed by atoms with van der Waals surface area (Å²) >= 11 is 1.27. The van der Waals surface area contributed by atoms with E-state index < -0.39 is 17.7 Å². The molecule has 1 aliphatic heterocycles. The molecule has 1 aliphatic rings. The van der Waals surface area contributed by atoms with Gasteiger partial charge in [0.2, 0.25) is 5.78 Å². The van der Waals surface area contributed by atoms with Crippen LogP contribution in [0.1, 0.15) is 78.4 Å². The predicted octanol–water partition coefficient (Wildman–Crippen LogP) is 5.65. The van der Waals surface area contributed by atoms with Gasteiger partial charge in [-0.05, 0) is 51.1 Å². The van der Waals surface area contributed by atoms with E-state index in [0.29, 0.717) is 47.3 Å². The van der Waals surface area contributed by atoms with Gasteiger partial charge in [-0.25, -0.2) is 4.98 Å². The topological polar surface area (TPSA) is 92.2 Å². The van der Waals surface area contributed by atoms with Gasteiger partial charge < -0.3 is 24.4 Å². The third-order valence-electron chi connectivity index (χ3n) is 6.97. The summed E-state index contributed by atoms with van der Waals surface area (Å²) in [5.41, 5.74) is 1.35. The largest absolute Gasteiger partial charge is 0.503 e. The van der Waals surface area contributed by atoms with Crippen LogP contribution in [0.15, 0.2) is 29.5 Å². The van der Waals surface area contributed by atoms with Gasteiger partial charge in [-0.3, -0.25) is 9.59 Å². The van der Waals surface area contributed by atoms with Crippen molar-refractivity contribution in [1.29, 1.82) is 0 Å². The van der Waals surface area contributed by atoms with Crippen LogP contribution >= 0.6 is 11.3 Å². The lowest BCUT2D eigenvalue weighted by Gasteiger charge is -2.29. The number of aliphatic hydroxyl groups excluding tert-OH is 1. The molecule has 2 aromatic rings. The molecule has 0 radical (unpaired) electrons. The van der Waals surface area contributed by atoms with Crippen molar-refractivity contribution in [1.82, 2.24) is 14.8 Å². The van der Waals surface area contributed by atoms with E-state index in [4.69, 9.17) is 9.47 Å². The van der Waals surface area contributed by atoms with Gasteiger partial charge in [0.1, 0.15) is 0 Å². The first-order valence-electron chi connectivity index (χ1n) is 13.5. The fourth-order valence-electron chi connectivity index (χ4n) is 4.80. The molecule has 0 bridgehead atoms. The molecule has 1 N–H and O–H groups in total. The number of unbranched alkanes of at least 4 members (excludes halogenated alkanes) is 3. The van der Waals surface area contributed by atoms with E-state index in [1.165, 1.54) is 17.8 Å². The van der Waals surface area contributed by atoms with Gasteiger partial charge >= 0.3 is 0 Å². The molecule has 0 spiro atoms. The zero-order valence-electron chi connectivity index (χ0n) is 23.5. The average Bonchev–Trinajstić information content (AvgIpc) is 3.38. The van der Waals surface area contributed by atoms with Crippen molar-refractivity contribution in [3.8, 4) is 11.5 Å². The van der Waals surface area contributed by atoms with Gasteiger partial charge in [0.25, 0.3) is 5.91 Å². The number of ketones is 1. The third kappa shape index (κ3) is 6.56. The lowest BCUT2D eigenvalue weighted by atomic mass is 9.94. The van der Waals surface area contributed by atoms with E-state index in [1.807, 2.05) is 19.1 Å². The molecule has 0 aliphatic carbocycles. The number of aryl methyl sites for hydroxylation is 2. The molecule has 1 aromatic carbocycles. The first-order valence-corrected chi connectivity index (χ1v) is 14.3. The number of hydrogen-bond acceptors (Lipinski definition) is 8. The molecule has 1 unspecified atom stereocenters. The zero-order valence-corrected chi connectivity index (χ0v) is 24.3. The van der Waals surface area contributed by atoms with E-state index in [2.05, 4.69) is 30.7 Å². The predicted molar refractivity (Wildman–Crippen MR) is 150 cm³/mol. The number of hydrogen-bond donors (Lipinski definition) is 1. The van der Waals surface area contributed by atoms with E-state index in [0.717, 1.165) is 37.4 Å². The number of carbonyl (C=O) groups excluding carboxylic acids is 2. The van der Waals surface area contributed by atoms with Crippen LogP contribution in [-0.2, 0) is 4.79 Å².